The van der Waals surface area contributed by atoms with Crippen molar-refractivity contribution < 1.29 is 15.0 Å². The van der Waals surface area contributed by atoms with Crippen LogP contribution in [0.4, 0.5) is 0 Å². The molecule has 22 heavy (non-hydrogen) atoms. The molecule has 3 heteroatoms. The molecule has 0 aromatic rings. The highest BCUT2D eigenvalue weighted by atomic mass is 16.3. The second-order valence-electron chi connectivity index (χ2n) is 9.28. The van der Waals surface area contributed by atoms with E-state index in [2.05, 4.69) is 13.8 Å². The van der Waals surface area contributed by atoms with E-state index in [1.807, 2.05) is 0 Å². The van der Waals surface area contributed by atoms with Crippen molar-refractivity contribution >= 4 is 5.78 Å². The minimum atomic E-state index is -0.337. The Kier molecular flexibility index (Phi) is 3.30. The Morgan fingerprint density at radius 1 is 1.14 bits per heavy atom. The van der Waals surface area contributed by atoms with Crippen LogP contribution in [0.25, 0.3) is 0 Å². The Balaban J connectivity index is 1.73. The number of carbonyl (C=O) groups is 1. The first-order valence-corrected chi connectivity index (χ1v) is 9.24. The number of hydrogen-bond acceptors (Lipinski definition) is 3. The molecule has 124 valence electrons. The first kappa shape index (κ1) is 15.1. The van der Waals surface area contributed by atoms with E-state index in [0.29, 0.717) is 18.1 Å². The summed E-state index contributed by atoms with van der Waals surface area (Å²) in [5, 5.41) is 21.0. The van der Waals surface area contributed by atoms with Crippen molar-refractivity contribution in [1.29, 1.82) is 0 Å². The molecule has 0 unspecified atom stereocenters. The summed E-state index contributed by atoms with van der Waals surface area (Å²) in [6, 6.07) is 0. The third kappa shape index (κ3) is 1.91. The summed E-state index contributed by atoms with van der Waals surface area (Å²) < 4.78 is 0. The molecule has 4 rings (SSSR count). The number of Topliss-reactive ketones (excluding diaryl/α,β-unsaturated/α-hetero) is 1. The van der Waals surface area contributed by atoms with Crippen molar-refractivity contribution in [2.45, 2.75) is 77.4 Å². The number of aliphatic hydroxyl groups is 2. The molecule has 3 nitrogen and oxygen atoms in total. The third-order valence-corrected chi connectivity index (χ3v) is 8.15. The largest absolute Gasteiger partial charge is 0.393 e. The van der Waals surface area contributed by atoms with Gasteiger partial charge in [0.25, 0.3) is 0 Å². The summed E-state index contributed by atoms with van der Waals surface area (Å²) in [5.74, 6) is 1.34. The van der Waals surface area contributed by atoms with E-state index in [1.54, 1.807) is 0 Å². The molecule has 4 aliphatic carbocycles. The van der Waals surface area contributed by atoms with Crippen molar-refractivity contribution in [3.63, 3.8) is 0 Å². The van der Waals surface area contributed by atoms with Gasteiger partial charge in [0.05, 0.1) is 12.2 Å². The number of fused-ring (bicyclic) bond motifs is 5. The standard InChI is InChI=1S/C19H30O3/c1-18-6-3-4-13(18)16-14(21)9-11-8-12(20)5-7-19(11,2)17(16)15(22)10-18/h11-13,15-17,20,22H,3-10H2,1-2H3/t11-,12+,13+,15-,16-,17+,18+,19+/m1/s1. The lowest BCUT2D eigenvalue weighted by Crippen LogP contribution is -2.61. The smallest absolute Gasteiger partial charge is 0.136 e. The molecule has 0 heterocycles. The molecule has 4 fully saturated rings. The fourth-order valence-corrected chi connectivity index (χ4v) is 7.03. The molecule has 8 atom stereocenters. The first-order valence-electron chi connectivity index (χ1n) is 9.24. The zero-order valence-corrected chi connectivity index (χ0v) is 13.9. The van der Waals surface area contributed by atoms with Crippen molar-refractivity contribution in [1.82, 2.24) is 0 Å². The number of aliphatic hydroxyl groups excluding tert-OH is 2. The van der Waals surface area contributed by atoms with Gasteiger partial charge in [0.2, 0.25) is 0 Å². The Labute approximate surface area is 133 Å². The molecule has 0 bridgehead atoms. The fraction of sp³-hybridized carbons (Fsp3) is 0.947. The van der Waals surface area contributed by atoms with Crippen molar-refractivity contribution in [2.75, 3.05) is 0 Å². The summed E-state index contributed by atoms with van der Waals surface area (Å²) in [5.41, 5.74) is 0.217. The van der Waals surface area contributed by atoms with Gasteiger partial charge in [-0.15, -0.1) is 0 Å². The Morgan fingerprint density at radius 2 is 1.91 bits per heavy atom. The fourth-order valence-electron chi connectivity index (χ4n) is 7.03. The van der Waals surface area contributed by atoms with Gasteiger partial charge in [-0.05, 0) is 61.2 Å². The van der Waals surface area contributed by atoms with Crippen LogP contribution in [0.3, 0.4) is 0 Å². The van der Waals surface area contributed by atoms with Gasteiger partial charge >= 0.3 is 0 Å². The van der Waals surface area contributed by atoms with E-state index in [4.69, 9.17) is 0 Å². The van der Waals surface area contributed by atoms with Crippen molar-refractivity contribution in [2.24, 2.45) is 34.5 Å². The van der Waals surface area contributed by atoms with Gasteiger partial charge in [-0.1, -0.05) is 20.3 Å². The molecule has 0 amide bonds. The molecular formula is C19H30O3. The lowest BCUT2D eigenvalue weighted by Gasteiger charge is -2.60. The van der Waals surface area contributed by atoms with E-state index < -0.39 is 0 Å². The molecule has 0 saturated heterocycles. The maximum absolute atomic E-state index is 13.0. The van der Waals surface area contributed by atoms with E-state index >= 15 is 0 Å². The average Bonchev–Trinajstić information content (AvgIpc) is 2.81. The normalized spacial score (nSPS) is 57.9. The quantitative estimate of drug-likeness (QED) is 0.723. The molecule has 0 radical (unpaired) electrons. The van der Waals surface area contributed by atoms with E-state index in [9.17, 15) is 15.0 Å². The Hall–Kier alpha value is -0.410. The number of carbonyl (C=O) groups excluding carboxylic acids is 1. The van der Waals surface area contributed by atoms with Crippen LogP contribution in [0.5, 0.6) is 0 Å². The zero-order chi connectivity index (χ0) is 15.7. The van der Waals surface area contributed by atoms with Gasteiger partial charge in [-0.25, -0.2) is 0 Å². The van der Waals surface area contributed by atoms with Crippen LogP contribution < -0.4 is 0 Å². The van der Waals surface area contributed by atoms with Crippen LogP contribution in [0.1, 0.15) is 65.2 Å². The summed E-state index contributed by atoms with van der Waals surface area (Å²) in [7, 11) is 0. The average molecular weight is 306 g/mol. The van der Waals surface area contributed by atoms with Crippen LogP contribution in [0.2, 0.25) is 0 Å². The lowest BCUT2D eigenvalue weighted by atomic mass is 9.44. The summed E-state index contributed by atoms with van der Waals surface area (Å²) in [6.45, 7) is 4.60. The molecule has 2 N–H and O–H groups in total. The van der Waals surface area contributed by atoms with Crippen LogP contribution in [-0.4, -0.2) is 28.2 Å². The number of ketones is 1. The van der Waals surface area contributed by atoms with Gasteiger partial charge < -0.3 is 10.2 Å². The Morgan fingerprint density at radius 3 is 2.68 bits per heavy atom. The van der Waals surface area contributed by atoms with Crippen LogP contribution in [-0.2, 0) is 4.79 Å². The van der Waals surface area contributed by atoms with Crippen molar-refractivity contribution in [3.05, 3.63) is 0 Å². The molecule has 0 aromatic carbocycles. The highest BCUT2D eigenvalue weighted by Crippen LogP contribution is 2.65. The molecular weight excluding hydrogens is 276 g/mol. The predicted octanol–water partition coefficient (Wildman–Crippen LogP) is 2.93. The monoisotopic (exact) mass is 306 g/mol. The Bertz CT molecular complexity index is 489. The maximum atomic E-state index is 13.0. The number of hydrogen-bond donors (Lipinski definition) is 2. The summed E-state index contributed by atoms with van der Waals surface area (Å²) in [4.78, 5) is 13.0. The second kappa shape index (κ2) is 4.80. The molecule has 4 saturated carbocycles. The van der Waals surface area contributed by atoms with Gasteiger partial charge in [-0.3, -0.25) is 4.79 Å². The summed E-state index contributed by atoms with van der Waals surface area (Å²) in [6.07, 6.45) is 7.02. The SMILES string of the molecule is C[C@@]12CCC[C@H]1[C@@H]1C(=O)C[C@H]3C[C@@H](O)CC[C@]3(C)[C@H]1[C@H](O)C2. The molecule has 4 aliphatic rings. The summed E-state index contributed by atoms with van der Waals surface area (Å²) >= 11 is 0. The third-order valence-electron chi connectivity index (χ3n) is 8.15. The predicted molar refractivity (Wildman–Crippen MR) is 84.1 cm³/mol. The second-order valence-corrected chi connectivity index (χ2v) is 9.28. The van der Waals surface area contributed by atoms with Gasteiger partial charge in [0, 0.05) is 18.3 Å². The minimum absolute atomic E-state index is 0.0428. The van der Waals surface area contributed by atoms with Gasteiger partial charge in [-0.2, -0.15) is 0 Å². The van der Waals surface area contributed by atoms with Crippen LogP contribution in [0, 0.1) is 34.5 Å². The topological polar surface area (TPSA) is 57.5 Å². The number of rotatable bonds is 0. The highest BCUT2D eigenvalue weighted by molar-refractivity contribution is 5.83. The minimum Gasteiger partial charge on any atom is -0.393 e. The van der Waals surface area contributed by atoms with Gasteiger partial charge in [0.1, 0.15) is 5.78 Å². The van der Waals surface area contributed by atoms with Crippen molar-refractivity contribution in [3.8, 4) is 0 Å². The maximum Gasteiger partial charge on any atom is 0.136 e. The lowest BCUT2D eigenvalue weighted by molar-refractivity contribution is -0.181. The van der Waals surface area contributed by atoms with Crippen LogP contribution in [0.15, 0.2) is 0 Å². The van der Waals surface area contributed by atoms with Crippen LogP contribution >= 0.6 is 0 Å². The van der Waals surface area contributed by atoms with E-state index in [1.165, 1.54) is 19.3 Å². The van der Waals surface area contributed by atoms with Gasteiger partial charge in [0.15, 0.2) is 0 Å². The molecule has 0 aliphatic heterocycles. The zero-order valence-electron chi connectivity index (χ0n) is 13.9. The molecule has 0 aromatic heterocycles. The first-order chi connectivity index (χ1) is 10.3. The highest BCUT2D eigenvalue weighted by Gasteiger charge is 2.63. The van der Waals surface area contributed by atoms with E-state index in [-0.39, 0.29) is 40.8 Å². The molecule has 0 spiro atoms. The van der Waals surface area contributed by atoms with E-state index in [0.717, 1.165) is 25.7 Å².